The van der Waals surface area contributed by atoms with Crippen LogP contribution in [-0.2, 0) is 4.79 Å². The molecule has 2 aliphatic rings. The number of hydrogen-bond acceptors (Lipinski definition) is 3. The molecule has 1 aliphatic heterocycles. The predicted octanol–water partition coefficient (Wildman–Crippen LogP) is 1.70. The average Bonchev–Trinajstić information content (AvgIpc) is 2.95. The minimum Gasteiger partial charge on any atom is -0.480 e. The fourth-order valence-electron chi connectivity index (χ4n) is 3.63. The number of carbonyl (C=O) groups is 1. The van der Waals surface area contributed by atoms with Crippen molar-refractivity contribution in [3.8, 4) is 0 Å². The van der Waals surface area contributed by atoms with E-state index in [1.54, 1.807) is 0 Å². The fourth-order valence-corrected chi connectivity index (χ4v) is 3.63. The van der Waals surface area contributed by atoms with Crippen molar-refractivity contribution in [2.45, 2.75) is 57.5 Å². The Morgan fingerprint density at radius 2 is 2.22 bits per heavy atom. The lowest BCUT2D eigenvalue weighted by atomic mass is 9.97. The van der Waals surface area contributed by atoms with Gasteiger partial charge in [0.15, 0.2) is 0 Å². The molecule has 1 saturated carbocycles. The Bertz CT molecular complexity index is 308. The molecule has 2 fully saturated rings. The molecule has 18 heavy (non-hydrogen) atoms. The summed E-state index contributed by atoms with van der Waals surface area (Å²) in [5.74, 6) is 0.155. The second-order valence-corrected chi connectivity index (χ2v) is 5.87. The molecule has 0 aromatic carbocycles. The zero-order valence-corrected chi connectivity index (χ0v) is 11.6. The molecule has 3 atom stereocenters. The van der Waals surface area contributed by atoms with Crippen LogP contribution in [0.2, 0.25) is 0 Å². The van der Waals surface area contributed by atoms with Gasteiger partial charge < -0.3 is 15.3 Å². The molecule has 2 rings (SSSR count). The molecule has 1 aliphatic carbocycles. The molecule has 2 N–H and O–H groups in total. The highest BCUT2D eigenvalue weighted by Gasteiger charge is 2.47. The smallest absolute Gasteiger partial charge is 0.323 e. The molecule has 1 saturated heterocycles. The summed E-state index contributed by atoms with van der Waals surface area (Å²) >= 11 is 0. The molecular formula is C14H26N2O2. The van der Waals surface area contributed by atoms with E-state index in [9.17, 15) is 9.90 Å². The summed E-state index contributed by atoms with van der Waals surface area (Å²) < 4.78 is 0. The summed E-state index contributed by atoms with van der Waals surface area (Å²) in [6.07, 6.45) is 5.10. The molecule has 104 valence electrons. The van der Waals surface area contributed by atoms with E-state index in [2.05, 4.69) is 17.1 Å². The van der Waals surface area contributed by atoms with Crippen LogP contribution in [0.25, 0.3) is 0 Å². The van der Waals surface area contributed by atoms with Gasteiger partial charge in [0, 0.05) is 12.6 Å². The first kappa shape index (κ1) is 13.8. The van der Waals surface area contributed by atoms with E-state index in [0.717, 1.165) is 38.3 Å². The summed E-state index contributed by atoms with van der Waals surface area (Å²) in [6, 6.07) is 0.469. The maximum atomic E-state index is 11.5. The third-order valence-corrected chi connectivity index (χ3v) is 4.82. The largest absolute Gasteiger partial charge is 0.480 e. The van der Waals surface area contributed by atoms with Crippen molar-refractivity contribution in [3.05, 3.63) is 0 Å². The van der Waals surface area contributed by atoms with Crippen molar-refractivity contribution in [1.29, 1.82) is 0 Å². The maximum Gasteiger partial charge on any atom is 0.323 e. The van der Waals surface area contributed by atoms with Crippen LogP contribution >= 0.6 is 0 Å². The Morgan fingerprint density at radius 3 is 2.78 bits per heavy atom. The number of aliphatic carboxylic acids is 1. The second kappa shape index (κ2) is 5.57. The number of likely N-dealkylation sites (tertiary alicyclic amines) is 1. The van der Waals surface area contributed by atoms with E-state index in [-0.39, 0.29) is 0 Å². The molecule has 0 aromatic rings. The van der Waals surface area contributed by atoms with E-state index in [1.165, 1.54) is 19.4 Å². The van der Waals surface area contributed by atoms with Crippen molar-refractivity contribution in [1.82, 2.24) is 10.2 Å². The summed E-state index contributed by atoms with van der Waals surface area (Å²) in [6.45, 7) is 7.30. The first-order valence-corrected chi connectivity index (χ1v) is 7.33. The monoisotopic (exact) mass is 254 g/mol. The first-order valence-electron chi connectivity index (χ1n) is 7.33. The van der Waals surface area contributed by atoms with Crippen LogP contribution in [0.15, 0.2) is 0 Å². The van der Waals surface area contributed by atoms with Gasteiger partial charge in [-0.1, -0.05) is 20.3 Å². The highest BCUT2D eigenvalue weighted by molar-refractivity contribution is 5.79. The molecule has 0 bridgehead atoms. The van der Waals surface area contributed by atoms with Gasteiger partial charge in [-0.15, -0.1) is 0 Å². The normalized spacial score (nSPS) is 37.2. The minimum absolute atomic E-state index is 0.469. The molecule has 4 nitrogen and oxygen atoms in total. The Morgan fingerprint density at radius 1 is 1.44 bits per heavy atom. The molecule has 1 heterocycles. The van der Waals surface area contributed by atoms with Gasteiger partial charge in [0.25, 0.3) is 0 Å². The maximum absolute atomic E-state index is 11.5. The number of nitrogens with one attached hydrogen (secondary N) is 1. The topological polar surface area (TPSA) is 52.6 Å². The lowest BCUT2D eigenvalue weighted by molar-refractivity contribution is -0.144. The van der Waals surface area contributed by atoms with E-state index >= 15 is 0 Å². The fraction of sp³-hybridized carbons (Fsp3) is 0.929. The quantitative estimate of drug-likeness (QED) is 0.784. The van der Waals surface area contributed by atoms with Crippen LogP contribution in [0.4, 0.5) is 0 Å². The number of rotatable bonds is 5. The molecule has 0 amide bonds. The van der Waals surface area contributed by atoms with Crippen LogP contribution in [-0.4, -0.2) is 47.2 Å². The number of carboxylic acid groups (broad SMARTS) is 1. The lowest BCUT2D eigenvalue weighted by Crippen LogP contribution is -2.51. The van der Waals surface area contributed by atoms with Crippen molar-refractivity contribution >= 4 is 5.97 Å². The molecule has 0 radical (unpaired) electrons. The molecule has 0 aromatic heterocycles. The van der Waals surface area contributed by atoms with E-state index in [1.807, 2.05) is 6.92 Å². The second-order valence-electron chi connectivity index (χ2n) is 5.87. The van der Waals surface area contributed by atoms with Gasteiger partial charge in [-0.3, -0.25) is 4.79 Å². The number of carboxylic acids is 1. The third-order valence-electron chi connectivity index (χ3n) is 4.82. The Labute approximate surface area is 110 Å². The van der Waals surface area contributed by atoms with Gasteiger partial charge in [-0.2, -0.15) is 0 Å². The van der Waals surface area contributed by atoms with Crippen molar-refractivity contribution in [2.75, 3.05) is 19.6 Å². The average molecular weight is 254 g/mol. The molecular weight excluding hydrogens is 228 g/mol. The highest BCUT2D eigenvalue weighted by Crippen LogP contribution is 2.36. The first-order chi connectivity index (χ1) is 8.61. The zero-order valence-electron chi connectivity index (χ0n) is 11.6. The summed E-state index contributed by atoms with van der Waals surface area (Å²) in [5.41, 5.74) is -0.663. The number of likely N-dealkylation sites (N-methyl/N-ethyl adjacent to an activating group) is 1. The van der Waals surface area contributed by atoms with Crippen LogP contribution in [0.1, 0.15) is 46.0 Å². The van der Waals surface area contributed by atoms with Gasteiger partial charge in [0.05, 0.1) is 0 Å². The van der Waals surface area contributed by atoms with Gasteiger partial charge in [0.2, 0.25) is 0 Å². The van der Waals surface area contributed by atoms with E-state index in [4.69, 9.17) is 0 Å². The van der Waals surface area contributed by atoms with Crippen LogP contribution in [0.3, 0.4) is 0 Å². The Balaban J connectivity index is 1.96. The van der Waals surface area contributed by atoms with Crippen LogP contribution in [0.5, 0.6) is 0 Å². The van der Waals surface area contributed by atoms with E-state index in [0.29, 0.717) is 6.04 Å². The van der Waals surface area contributed by atoms with Gasteiger partial charge in [0.1, 0.15) is 5.54 Å². The third kappa shape index (κ3) is 2.54. The van der Waals surface area contributed by atoms with Gasteiger partial charge >= 0.3 is 5.97 Å². The standard InChI is InChI=1S/C14H26N2O2/c1-3-11-6-8-16(10-11)12-5-7-14(9-12,13(17)18)15-4-2/h11-12,15H,3-10H2,1-2H3,(H,17,18). The van der Waals surface area contributed by atoms with Crippen molar-refractivity contribution in [2.24, 2.45) is 5.92 Å². The molecule has 3 unspecified atom stereocenters. The minimum atomic E-state index is -0.668. The zero-order chi connectivity index (χ0) is 13.2. The van der Waals surface area contributed by atoms with Gasteiger partial charge in [-0.25, -0.2) is 0 Å². The van der Waals surface area contributed by atoms with Crippen molar-refractivity contribution in [3.63, 3.8) is 0 Å². The van der Waals surface area contributed by atoms with Gasteiger partial charge in [-0.05, 0) is 44.7 Å². The SMILES string of the molecule is CCNC1(C(=O)O)CCC(N2CCC(CC)C2)C1. The lowest BCUT2D eigenvalue weighted by Gasteiger charge is -2.28. The molecule has 4 heteroatoms. The summed E-state index contributed by atoms with van der Waals surface area (Å²) in [5, 5.41) is 12.7. The van der Waals surface area contributed by atoms with Crippen LogP contribution < -0.4 is 5.32 Å². The Hall–Kier alpha value is -0.610. The highest BCUT2D eigenvalue weighted by atomic mass is 16.4. The number of nitrogens with zero attached hydrogens (tertiary/aromatic N) is 1. The predicted molar refractivity (Wildman–Crippen MR) is 71.7 cm³/mol. The summed E-state index contributed by atoms with van der Waals surface area (Å²) in [4.78, 5) is 14.0. The Kier molecular flexibility index (Phi) is 4.28. The molecule has 0 spiro atoms. The van der Waals surface area contributed by atoms with Crippen LogP contribution in [0, 0.1) is 5.92 Å². The van der Waals surface area contributed by atoms with E-state index < -0.39 is 11.5 Å². The number of hydrogen-bond donors (Lipinski definition) is 2. The summed E-state index contributed by atoms with van der Waals surface area (Å²) in [7, 11) is 0. The van der Waals surface area contributed by atoms with Crippen molar-refractivity contribution < 1.29 is 9.90 Å².